The van der Waals surface area contributed by atoms with Crippen LogP contribution in [0.1, 0.15) is 5.56 Å². The Balaban J connectivity index is 1.93. The lowest BCUT2D eigenvalue weighted by molar-refractivity contribution is 0.174. The Morgan fingerprint density at radius 2 is 1.76 bits per heavy atom. The van der Waals surface area contributed by atoms with Crippen molar-refractivity contribution in [2.24, 2.45) is 5.73 Å². The Hall–Kier alpha value is -2.41. The molecule has 1 aliphatic rings. The fourth-order valence-electron chi connectivity index (χ4n) is 1.86. The molecule has 0 bridgehead atoms. The molecular formula is C14H9F2NO3S. The summed E-state index contributed by atoms with van der Waals surface area (Å²) >= 11 is 4.68. The van der Waals surface area contributed by atoms with Crippen LogP contribution in [0.15, 0.2) is 30.3 Å². The van der Waals surface area contributed by atoms with Gasteiger partial charge < -0.3 is 19.9 Å². The van der Waals surface area contributed by atoms with Gasteiger partial charge in [-0.1, -0.05) is 12.2 Å². The van der Waals surface area contributed by atoms with Crippen molar-refractivity contribution in [2.45, 2.75) is 0 Å². The SMILES string of the molecule is NC(=S)c1cc(F)c(Oc2ccc3c(c2)OCO3)c(F)c1. The third-order valence-corrected chi connectivity index (χ3v) is 3.08. The normalized spacial score (nSPS) is 12.3. The van der Waals surface area contributed by atoms with Gasteiger partial charge in [-0.2, -0.15) is 0 Å². The lowest BCUT2D eigenvalue weighted by atomic mass is 10.2. The van der Waals surface area contributed by atoms with Gasteiger partial charge in [0, 0.05) is 11.6 Å². The summed E-state index contributed by atoms with van der Waals surface area (Å²) < 4.78 is 43.3. The minimum Gasteiger partial charge on any atom is -0.454 e. The Bertz CT molecular complexity index is 713. The van der Waals surface area contributed by atoms with Crippen LogP contribution in [0.5, 0.6) is 23.0 Å². The molecular weight excluding hydrogens is 300 g/mol. The fourth-order valence-corrected chi connectivity index (χ4v) is 1.98. The third-order valence-electron chi connectivity index (χ3n) is 2.85. The number of thiocarbonyl (C=S) groups is 1. The first-order valence-corrected chi connectivity index (χ1v) is 6.32. The standard InChI is InChI=1S/C14H9F2NO3S/c15-9-3-7(14(17)21)4-10(16)13(9)20-8-1-2-11-12(5-8)19-6-18-11/h1-5H,6H2,(H2,17,21). The molecule has 108 valence electrons. The number of rotatable bonds is 3. The highest BCUT2D eigenvalue weighted by Crippen LogP contribution is 2.37. The van der Waals surface area contributed by atoms with Gasteiger partial charge >= 0.3 is 0 Å². The largest absolute Gasteiger partial charge is 0.454 e. The summed E-state index contributed by atoms with van der Waals surface area (Å²) in [6.07, 6.45) is 0. The second-order valence-electron chi connectivity index (χ2n) is 4.25. The molecule has 0 aromatic heterocycles. The van der Waals surface area contributed by atoms with Crippen molar-refractivity contribution in [1.82, 2.24) is 0 Å². The maximum atomic E-state index is 13.9. The average Bonchev–Trinajstić information content (AvgIpc) is 2.90. The molecule has 21 heavy (non-hydrogen) atoms. The zero-order chi connectivity index (χ0) is 15.0. The van der Waals surface area contributed by atoms with E-state index < -0.39 is 17.4 Å². The molecule has 0 saturated heterocycles. The molecule has 4 nitrogen and oxygen atoms in total. The van der Waals surface area contributed by atoms with Gasteiger partial charge in [0.1, 0.15) is 10.7 Å². The van der Waals surface area contributed by atoms with Crippen LogP contribution < -0.4 is 19.9 Å². The molecule has 0 saturated carbocycles. The van der Waals surface area contributed by atoms with Crippen molar-refractivity contribution in [2.75, 3.05) is 6.79 Å². The molecule has 1 heterocycles. The van der Waals surface area contributed by atoms with Crippen LogP contribution in [-0.4, -0.2) is 11.8 Å². The Morgan fingerprint density at radius 1 is 1.10 bits per heavy atom. The number of benzene rings is 2. The summed E-state index contributed by atoms with van der Waals surface area (Å²) in [5.74, 6) is -1.10. The molecule has 0 fully saturated rings. The minimum absolute atomic E-state index is 0.0950. The Morgan fingerprint density at radius 3 is 2.43 bits per heavy atom. The number of halogens is 2. The van der Waals surface area contributed by atoms with E-state index in [1.165, 1.54) is 12.1 Å². The third kappa shape index (κ3) is 2.59. The molecule has 0 unspecified atom stereocenters. The molecule has 2 aromatic carbocycles. The van der Waals surface area contributed by atoms with E-state index in [0.717, 1.165) is 12.1 Å². The quantitative estimate of drug-likeness (QED) is 0.883. The summed E-state index contributed by atoms with van der Waals surface area (Å²) in [4.78, 5) is -0.0950. The first-order chi connectivity index (χ1) is 10.0. The fraction of sp³-hybridized carbons (Fsp3) is 0.0714. The van der Waals surface area contributed by atoms with Gasteiger partial charge in [0.05, 0.1) is 0 Å². The predicted molar refractivity (Wildman–Crippen MR) is 74.9 cm³/mol. The van der Waals surface area contributed by atoms with E-state index in [-0.39, 0.29) is 23.1 Å². The van der Waals surface area contributed by atoms with Crippen LogP contribution in [0.3, 0.4) is 0 Å². The van der Waals surface area contributed by atoms with Crippen LogP contribution in [0.2, 0.25) is 0 Å². The molecule has 2 N–H and O–H groups in total. The number of fused-ring (bicyclic) bond motifs is 1. The molecule has 1 aliphatic heterocycles. The summed E-state index contributed by atoms with van der Waals surface area (Å²) in [5, 5.41) is 0. The van der Waals surface area contributed by atoms with E-state index in [9.17, 15) is 8.78 Å². The smallest absolute Gasteiger partial charge is 0.231 e. The average molecular weight is 309 g/mol. The van der Waals surface area contributed by atoms with Crippen molar-refractivity contribution < 1.29 is 23.0 Å². The summed E-state index contributed by atoms with van der Waals surface area (Å²) in [7, 11) is 0. The number of ether oxygens (including phenoxy) is 3. The second-order valence-corrected chi connectivity index (χ2v) is 4.69. The van der Waals surface area contributed by atoms with E-state index in [0.29, 0.717) is 11.5 Å². The van der Waals surface area contributed by atoms with E-state index in [1.807, 2.05) is 0 Å². The van der Waals surface area contributed by atoms with Gasteiger partial charge in [-0.05, 0) is 24.3 Å². The summed E-state index contributed by atoms with van der Waals surface area (Å²) in [5.41, 5.74) is 5.44. The summed E-state index contributed by atoms with van der Waals surface area (Å²) in [6, 6.07) is 6.65. The minimum atomic E-state index is -0.893. The van der Waals surface area contributed by atoms with Crippen molar-refractivity contribution >= 4 is 17.2 Å². The van der Waals surface area contributed by atoms with Crippen LogP contribution in [-0.2, 0) is 0 Å². The maximum absolute atomic E-state index is 13.9. The van der Waals surface area contributed by atoms with E-state index in [1.54, 1.807) is 6.07 Å². The molecule has 0 aliphatic carbocycles. The highest BCUT2D eigenvalue weighted by molar-refractivity contribution is 7.80. The first kappa shape index (κ1) is 13.6. The lowest BCUT2D eigenvalue weighted by Crippen LogP contribution is -2.10. The van der Waals surface area contributed by atoms with Crippen molar-refractivity contribution in [1.29, 1.82) is 0 Å². The molecule has 7 heteroatoms. The zero-order valence-electron chi connectivity index (χ0n) is 10.6. The van der Waals surface area contributed by atoms with Crippen molar-refractivity contribution in [3.8, 4) is 23.0 Å². The molecule has 0 spiro atoms. The van der Waals surface area contributed by atoms with Gasteiger partial charge in [-0.15, -0.1) is 0 Å². The topological polar surface area (TPSA) is 53.7 Å². The van der Waals surface area contributed by atoms with E-state index in [2.05, 4.69) is 12.2 Å². The zero-order valence-corrected chi connectivity index (χ0v) is 11.4. The Labute approximate surface area is 124 Å². The van der Waals surface area contributed by atoms with Gasteiger partial charge in [0.25, 0.3) is 0 Å². The van der Waals surface area contributed by atoms with Crippen molar-refractivity contribution in [3.05, 3.63) is 47.5 Å². The van der Waals surface area contributed by atoms with E-state index in [4.69, 9.17) is 19.9 Å². The first-order valence-electron chi connectivity index (χ1n) is 5.91. The van der Waals surface area contributed by atoms with Gasteiger partial charge in [0.2, 0.25) is 6.79 Å². The van der Waals surface area contributed by atoms with Gasteiger partial charge in [-0.25, -0.2) is 8.78 Å². The highest BCUT2D eigenvalue weighted by atomic mass is 32.1. The number of hydrogen-bond donors (Lipinski definition) is 1. The highest BCUT2D eigenvalue weighted by Gasteiger charge is 2.18. The van der Waals surface area contributed by atoms with Crippen LogP contribution in [0.4, 0.5) is 8.78 Å². The van der Waals surface area contributed by atoms with Crippen LogP contribution in [0.25, 0.3) is 0 Å². The van der Waals surface area contributed by atoms with Gasteiger partial charge in [0.15, 0.2) is 28.9 Å². The van der Waals surface area contributed by atoms with Crippen LogP contribution >= 0.6 is 12.2 Å². The Kier molecular flexibility index (Phi) is 3.34. The lowest BCUT2D eigenvalue weighted by Gasteiger charge is -2.10. The maximum Gasteiger partial charge on any atom is 0.231 e. The van der Waals surface area contributed by atoms with Gasteiger partial charge in [-0.3, -0.25) is 0 Å². The molecule has 0 radical (unpaired) electrons. The number of hydrogen-bond acceptors (Lipinski definition) is 4. The van der Waals surface area contributed by atoms with Crippen molar-refractivity contribution in [3.63, 3.8) is 0 Å². The van der Waals surface area contributed by atoms with E-state index >= 15 is 0 Å². The molecule has 0 amide bonds. The monoisotopic (exact) mass is 309 g/mol. The van der Waals surface area contributed by atoms with Crippen LogP contribution in [0, 0.1) is 11.6 Å². The molecule has 3 rings (SSSR count). The number of nitrogens with two attached hydrogens (primary N) is 1. The summed E-state index contributed by atoms with van der Waals surface area (Å²) in [6.45, 7) is 0.101. The molecule has 0 atom stereocenters. The molecule has 2 aromatic rings. The second kappa shape index (κ2) is 5.17. The predicted octanol–water partition coefficient (Wildman–Crippen LogP) is 3.12.